The highest BCUT2D eigenvalue weighted by atomic mass is 16.3. The van der Waals surface area contributed by atoms with E-state index in [4.69, 9.17) is 5.73 Å². The summed E-state index contributed by atoms with van der Waals surface area (Å²) in [5, 5.41) is 9.47. The van der Waals surface area contributed by atoms with Crippen molar-refractivity contribution < 1.29 is 9.90 Å². The quantitative estimate of drug-likeness (QED) is 0.783. The minimum atomic E-state index is -0.222. The SMILES string of the molecule is CC(N)CCN(C)C(=O)c1ccncc1O. The maximum absolute atomic E-state index is 11.9. The Kier molecular flexibility index (Phi) is 4.25. The van der Waals surface area contributed by atoms with Crippen LogP contribution in [0.2, 0.25) is 0 Å². The van der Waals surface area contributed by atoms with Crippen LogP contribution >= 0.6 is 0 Å². The second-order valence-corrected chi connectivity index (χ2v) is 3.89. The Bertz CT molecular complexity index is 366. The number of rotatable bonds is 4. The van der Waals surface area contributed by atoms with Crippen molar-refractivity contribution in [2.45, 2.75) is 19.4 Å². The number of pyridine rings is 1. The van der Waals surface area contributed by atoms with E-state index in [9.17, 15) is 9.90 Å². The van der Waals surface area contributed by atoms with Crippen molar-refractivity contribution in [3.63, 3.8) is 0 Å². The van der Waals surface area contributed by atoms with Gasteiger partial charge in [-0.3, -0.25) is 9.78 Å². The Labute approximate surface area is 94.9 Å². The summed E-state index contributed by atoms with van der Waals surface area (Å²) < 4.78 is 0. The van der Waals surface area contributed by atoms with Gasteiger partial charge in [0.05, 0.1) is 11.8 Å². The summed E-state index contributed by atoms with van der Waals surface area (Å²) >= 11 is 0. The fraction of sp³-hybridized carbons (Fsp3) is 0.455. The molecular formula is C11H17N3O2. The molecule has 1 atom stereocenters. The van der Waals surface area contributed by atoms with Gasteiger partial charge in [-0.25, -0.2) is 0 Å². The zero-order chi connectivity index (χ0) is 12.1. The van der Waals surface area contributed by atoms with E-state index < -0.39 is 0 Å². The number of aromatic nitrogens is 1. The molecule has 0 saturated carbocycles. The normalized spacial score (nSPS) is 12.2. The standard InChI is InChI=1S/C11H17N3O2/c1-8(12)4-6-14(2)11(16)9-3-5-13-7-10(9)15/h3,5,7-8,15H,4,6,12H2,1-2H3. The number of hydrogen-bond acceptors (Lipinski definition) is 4. The summed E-state index contributed by atoms with van der Waals surface area (Å²) in [5.41, 5.74) is 5.88. The van der Waals surface area contributed by atoms with E-state index in [-0.39, 0.29) is 23.3 Å². The van der Waals surface area contributed by atoms with Gasteiger partial charge >= 0.3 is 0 Å². The lowest BCUT2D eigenvalue weighted by atomic mass is 10.2. The highest BCUT2D eigenvalue weighted by Crippen LogP contribution is 2.15. The fourth-order valence-electron chi connectivity index (χ4n) is 1.27. The summed E-state index contributed by atoms with van der Waals surface area (Å²) in [7, 11) is 1.69. The number of amides is 1. The van der Waals surface area contributed by atoms with Crippen LogP contribution in [0.3, 0.4) is 0 Å². The minimum absolute atomic E-state index is 0.0567. The van der Waals surface area contributed by atoms with Gasteiger partial charge in [0.15, 0.2) is 0 Å². The van der Waals surface area contributed by atoms with Gasteiger partial charge in [-0.1, -0.05) is 0 Å². The van der Waals surface area contributed by atoms with Gasteiger partial charge in [-0.05, 0) is 19.4 Å². The van der Waals surface area contributed by atoms with Crippen molar-refractivity contribution >= 4 is 5.91 Å². The lowest BCUT2D eigenvalue weighted by molar-refractivity contribution is 0.0788. The number of hydrogen-bond donors (Lipinski definition) is 2. The lowest BCUT2D eigenvalue weighted by Crippen LogP contribution is -2.31. The predicted octanol–water partition coefficient (Wildman–Crippen LogP) is 0.596. The zero-order valence-corrected chi connectivity index (χ0v) is 9.55. The third-order valence-corrected chi connectivity index (χ3v) is 2.30. The van der Waals surface area contributed by atoms with Gasteiger partial charge in [0.25, 0.3) is 5.91 Å². The molecule has 0 aromatic carbocycles. The molecule has 0 aliphatic carbocycles. The summed E-state index contributed by atoms with van der Waals surface area (Å²) in [6.07, 6.45) is 3.47. The molecule has 0 bridgehead atoms. The van der Waals surface area contributed by atoms with Gasteiger partial charge in [0.1, 0.15) is 5.75 Å². The maximum atomic E-state index is 11.9. The van der Waals surface area contributed by atoms with Crippen LogP contribution in [0, 0.1) is 0 Å². The van der Waals surface area contributed by atoms with Crippen molar-refractivity contribution in [2.75, 3.05) is 13.6 Å². The Morgan fingerprint density at radius 3 is 2.94 bits per heavy atom. The van der Waals surface area contributed by atoms with Crippen molar-refractivity contribution in [1.82, 2.24) is 9.88 Å². The van der Waals surface area contributed by atoms with Crippen LogP contribution in [0.4, 0.5) is 0 Å². The van der Waals surface area contributed by atoms with Crippen LogP contribution in [-0.4, -0.2) is 40.5 Å². The third-order valence-electron chi connectivity index (χ3n) is 2.30. The van der Waals surface area contributed by atoms with E-state index in [1.807, 2.05) is 6.92 Å². The van der Waals surface area contributed by atoms with E-state index in [0.29, 0.717) is 6.54 Å². The fourth-order valence-corrected chi connectivity index (χ4v) is 1.27. The third kappa shape index (κ3) is 3.20. The smallest absolute Gasteiger partial charge is 0.257 e. The molecular weight excluding hydrogens is 206 g/mol. The number of carbonyl (C=O) groups is 1. The van der Waals surface area contributed by atoms with Crippen LogP contribution in [0.25, 0.3) is 0 Å². The maximum Gasteiger partial charge on any atom is 0.257 e. The molecule has 3 N–H and O–H groups in total. The van der Waals surface area contributed by atoms with Crippen LogP contribution in [-0.2, 0) is 0 Å². The summed E-state index contributed by atoms with van der Waals surface area (Å²) in [5.74, 6) is -0.319. The average Bonchev–Trinajstić information content (AvgIpc) is 2.25. The van der Waals surface area contributed by atoms with E-state index in [0.717, 1.165) is 6.42 Å². The molecule has 1 heterocycles. The Morgan fingerprint density at radius 2 is 2.38 bits per heavy atom. The first-order valence-electron chi connectivity index (χ1n) is 5.16. The second-order valence-electron chi connectivity index (χ2n) is 3.89. The van der Waals surface area contributed by atoms with Gasteiger partial charge in [0, 0.05) is 25.8 Å². The molecule has 0 aliphatic rings. The second kappa shape index (κ2) is 5.46. The highest BCUT2D eigenvalue weighted by molar-refractivity contribution is 5.96. The molecule has 1 rings (SSSR count). The number of carbonyl (C=O) groups excluding carboxylic acids is 1. The molecule has 0 saturated heterocycles. The molecule has 0 fully saturated rings. The Balaban J connectivity index is 2.67. The van der Waals surface area contributed by atoms with Crippen molar-refractivity contribution in [1.29, 1.82) is 0 Å². The highest BCUT2D eigenvalue weighted by Gasteiger charge is 2.15. The van der Waals surface area contributed by atoms with Crippen LogP contribution < -0.4 is 5.73 Å². The summed E-state index contributed by atoms with van der Waals surface area (Å²) in [6, 6.07) is 1.56. The molecule has 1 aromatic rings. The first kappa shape index (κ1) is 12.4. The topological polar surface area (TPSA) is 79.5 Å². The van der Waals surface area contributed by atoms with Crippen molar-refractivity contribution in [3.8, 4) is 5.75 Å². The first-order chi connectivity index (χ1) is 7.52. The molecule has 0 radical (unpaired) electrons. The number of aromatic hydroxyl groups is 1. The lowest BCUT2D eigenvalue weighted by Gasteiger charge is -2.18. The molecule has 0 aliphatic heterocycles. The summed E-state index contributed by atoms with van der Waals surface area (Å²) in [6.45, 7) is 2.46. The Morgan fingerprint density at radius 1 is 1.69 bits per heavy atom. The largest absolute Gasteiger partial charge is 0.505 e. The number of nitrogens with two attached hydrogens (primary N) is 1. The number of nitrogens with zero attached hydrogens (tertiary/aromatic N) is 2. The summed E-state index contributed by atoms with van der Waals surface area (Å²) in [4.78, 5) is 17.1. The molecule has 0 spiro atoms. The van der Waals surface area contributed by atoms with Crippen molar-refractivity contribution in [2.24, 2.45) is 5.73 Å². The van der Waals surface area contributed by atoms with E-state index >= 15 is 0 Å². The average molecular weight is 223 g/mol. The Hall–Kier alpha value is -1.62. The zero-order valence-electron chi connectivity index (χ0n) is 9.55. The van der Waals surface area contributed by atoms with Crippen LogP contribution in [0.5, 0.6) is 5.75 Å². The van der Waals surface area contributed by atoms with Gasteiger partial charge in [0.2, 0.25) is 0 Å². The first-order valence-corrected chi connectivity index (χ1v) is 5.16. The minimum Gasteiger partial charge on any atom is -0.505 e. The molecule has 1 unspecified atom stereocenters. The van der Waals surface area contributed by atoms with E-state index in [1.165, 1.54) is 18.5 Å². The van der Waals surface area contributed by atoms with Gasteiger partial charge in [-0.2, -0.15) is 0 Å². The predicted molar refractivity (Wildman–Crippen MR) is 61.1 cm³/mol. The van der Waals surface area contributed by atoms with E-state index in [2.05, 4.69) is 4.98 Å². The molecule has 88 valence electrons. The van der Waals surface area contributed by atoms with Gasteiger partial charge in [-0.15, -0.1) is 0 Å². The molecule has 1 amide bonds. The van der Waals surface area contributed by atoms with Crippen LogP contribution in [0.15, 0.2) is 18.5 Å². The van der Waals surface area contributed by atoms with Crippen molar-refractivity contribution in [3.05, 3.63) is 24.0 Å². The van der Waals surface area contributed by atoms with E-state index in [1.54, 1.807) is 11.9 Å². The molecule has 1 aromatic heterocycles. The van der Waals surface area contributed by atoms with Gasteiger partial charge < -0.3 is 15.7 Å². The molecule has 16 heavy (non-hydrogen) atoms. The molecule has 5 heteroatoms. The van der Waals surface area contributed by atoms with Crippen LogP contribution in [0.1, 0.15) is 23.7 Å². The molecule has 5 nitrogen and oxygen atoms in total. The monoisotopic (exact) mass is 223 g/mol.